The largest absolute Gasteiger partial charge is 0.379 e. The first-order valence-corrected chi connectivity index (χ1v) is 11.9. The first-order valence-electron chi connectivity index (χ1n) is 10.9. The van der Waals surface area contributed by atoms with Gasteiger partial charge in [-0.15, -0.1) is 11.8 Å². The van der Waals surface area contributed by atoms with Crippen molar-refractivity contribution < 1.29 is 18.7 Å². The summed E-state index contributed by atoms with van der Waals surface area (Å²) in [5, 5.41) is 5.30. The van der Waals surface area contributed by atoms with Crippen LogP contribution in [0.4, 0.5) is 4.39 Å². The number of ether oxygens (including phenoxy) is 1. The SMILES string of the molecule is O=C(NCc1ccc(CN2CCOCC2)cc1)[C@@H]1CS[C@H](Cc2ccccc2F)C(=O)N1. The number of hydrogen-bond acceptors (Lipinski definition) is 5. The summed E-state index contributed by atoms with van der Waals surface area (Å²) in [4.78, 5) is 27.4. The van der Waals surface area contributed by atoms with Gasteiger partial charge in [0.15, 0.2) is 0 Å². The minimum atomic E-state index is -0.579. The van der Waals surface area contributed by atoms with Gasteiger partial charge >= 0.3 is 0 Å². The van der Waals surface area contributed by atoms with Gasteiger partial charge in [0.1, 0.15) is 11.9 Å². The van der Waals surface area contributed by atoms with E-state index in [2.05, 4.69) is 27.7 Å². The summed E-state index contributed by atoms with van der Waals surface area (Å²) in [5.41, 5.74) is 2.76. The molecule has 2 saturated heterocycles. The van der Waals surface area contributed by atoms with Gasteiger partial charge in [-0.25, -0.2) is 4.39 Å². The van der Waals surface area contributed by atoms with Crippen molar-refractivity contribution in [3.05, 3.63) is 71.0 Å². The lowest BCUT2D eigenvalue weighted by Gasteiger charge is -2.28. The van der Waals surface area contributed by atoms with E-state index >= 15 is 0 Å². The second-order valence-corrected chi connectivity index (χ2v) is 9.34. The molecular formula is C24H28FN3O3S. The molecule has 0 spiro atoms. The number of carbonyl (C=O) groups is 2. The molecule has 2 fully saturated rings. The van der Waals surface area contributed by atoms with E-state index in [4.69, 9.17) is 4.74 Å². The van der Waals surface area contributed by atoms with Crippen molar-refractivity contribution >= 4 is 23.6 Å². The van der Waals surface area contributed by atoms with Gasteiger partial charge in [0.25, 0.3) is 0 Å². The Morgan fingerprint density at radius 2 is 1.84 bits per heavy atom. The fourth-order valence-electron chi connectivity index (χ4n) is 3.84. The molecule has 0 saturated carbocycles. The van der Waals surface area contributed by atoms with Gasteiger partial charge in [-0.2, -0.15) is 0 Å². The first kappa shape index (κ1) is 22.8. The van der Waals surface area contributed by atoms with Gasteiger partial charge in [0.05, 0.1) is 18.5 Å². The van der Waals surface area contributed by atoms with Crippen LogP contribution in [0.1, 0.15) is 16.7 Å². The van der Waals surface area contributed by atoms with E-state index in [0.29, 0.717) is 24.3 Å². The topological polar surface area (TPSA) is 70.7 Å². The number of nitrogens with one attached hydrogen (secondary N) is 2. The number of morpholine rings is 1. The molecule has 170 valence electrons. The molecule has 2 N–H and O–H groups in total. The zero-order valence-electron chi connectivity index (χ0n) is 17.9. The Hall–Kier alpha value is -2.42. The second-order valence-electron chi connectivity index (χ2n) is 8.10. The lowest BCUT2D eigenvalue weighted by atomic mass is 10.1. The lowest BCUT2D eigenvalue weighted by Crippen LogP contribution is -2.54. The molecule has 4 rings (SSSR count). The van der Waals surface area contributed by atoms with Crippen molar-refractivity contribution in [1.29, 1.82) is 0 Å². The average Bonchev–Trinajstić information content (AvgIpc) is 2.82. The number of thioether (sulfide) groups is 1. The molecule has 2 aromatic carbocycles. The van der Waals surface area contributed by atoms with Crippen LogP contribution in [-0.4, -0.2) is 60.1 Å². The van der Waals surface area contributed by atoms with Crippen LogP contribution in [-0.2, 0) is 33.8 Å². The van der Waals surface area contributed by atoms with Gasteiger partial charge < -0.3 is 15.4 Å². The molecule has 6 nitrogen and oxygen atoms in total. The summed E-state index contributed by atoms with van der Waals surface area (Å²) in [5.74, 6) is -0.267. The number of hydrogen-bond donors (Lipinski definition) is 2. The molecule has 2 aromatic rings. The fourth-order valence-corrected chi connectivity index (χ4v) is 5.02. The van der Waals surface area contributed by atoms with Crippen molar-refractivity contribution in [2.75, 3.05) is 32.1 Å². The Kier molecular flexibility index (Phi) is 7.78. The highest BCUT2D eigenvalue weighted by Gasteiger charge is 2.32. The number of benzene rings is 2. The van der Waals surface area contributed by atoms with Crippen molar-refractivity contribution in [2.45, 2.75) is 30.8 Å². The summed E-state index contributed by atoms with van der Waals surface area (Å²) in [6.07, 6.45) is 0.314. The molecule has 2 amide bonds. The predicted molar refractivity (Wildman–Crippen MR) is 123 cm³/mol. The monoisotopic (exact) mass is 457 g/mol. The third kappa shape index (κ3) is 6.09. The molecular weight excluding hydrogens is 429 g/mol. The highest BCUT2D eigenvalue weighted by Crippen LogP contribution is 2.23. The number of amides is 2. The fraction of sp³-hybridized carbons (Fsp3) is 0.417. The van der Waals surface area contributed by atoms with E-state index < -0.39 is 11.3 Å². The molecule has 2 aliphatic rings. The van der Waals surface area contributed by atoms with Crippen LogP contribution < -0.4 is 10.6 Å². The van der Waals surface area contributed by atoms with Gasteiger partial charge in [-0.3, -0.25) is 14.5 Å². The average molecular weight is 458 g/mol. The van der Waals surface area contributed by atoms with Crippen LogP contribution in [0.25, 0.3) is 0 Å². The van der Waals surface area contributed by atoms with Gasteiger partial charge in [-0.1, -0.05) is 42.5 Å². The standard InChI is InChI=1S/C24H28FN3O3S/c25-20-4-2-1-3-19(20)13-22-24(30)27-21(16-32-22)23(29)26-14-17-5-7-18(8-6-17)15-28-9-11-31-12-10-28/h1-8,21-22H,9-16H2,(H,26,29)(H,27,30)/t21-,22+/m0/s1. The van der Waals surface area contributed by atoms with Crippen molar-refractivity contribution in [1.82, 2.24) is 15.5 Å². The number of carbonyl (C=O) groups excluding carboxylic acids is 2. The second kappa shape index (κ2) is 10.9. The van der Waals surface area contributed by atoms with E-state index in [1.54, 1.807) is 18.2 Å². The molecule has 2 atom stereocenters. The highest BCUT2D eigenvalue weighted by molar-refractivity contribution is 8.00. The molecule has 0 bridgehead atoms. The highest BCUT2D eigenvalue weighted by atomic mass is 32.2. The maximum absolute atomic E-state index is 13.9. The van der Waals surface area contributed by atoms with Gasteiger partial charge in [0.2, 0.25) is 11.8 Å². The van der Waals surface area contributed by atoms with Crippen LogP contribution in [0.15, 0.2) is 48.5 Å². The van der Waals surface area contributed by atoms with E-state index in [1.807, 2.05) is 12.1 Å². The molecule has 0 unspecified atom stereocenters. The van der Waals surface area contributed by atoms with Gasteiger partial charge in [0, 0.05) is 31.9 Å². The van der Waals surface area contributed by atoms with Crippen LogP contribution in [0.5, 0.6) is 0 Å². The van der Waals surface area contributed by atoms with Crippen molar-refractivity contribution in [2.24, 2.45) is 0 Å². The summed E-state index contributed by atoms with van der Waals surface area (Å²) in [6, 6.07) is 14.1. The Bertz CT molecular complexity index is 934. The third-order valence-corrected chi connectivity index (χ3v) is 7.06. The molecule has 0 aliphatic carbocycles. The number of halogens is 1. The Labute approximate surface area is 191 Å². The summed E-state index contributed by atoms with van der Waals surface area (Å²) in [6.45, 7) is 4.77. The van der Waals surface area contributed by atoms with Crippen LogP contribution in [0, 0.1) is 5.82 Å². The predicted octanol–water partition coefficient (Wildman–Crippen LogP) is 2.12. The quantitative estimate of drug-likeness (QED) is 0.667. The summed E-state index contributed by atoms with van der Waals surface area (Å²) in [7, 11) is 0. The maximum atomic E-state index is 13.9. The smallest absolute Gasteiger partial charge is 0.243 e. The summed E-state index contributed by atoms with van der Waals surface area (Å²) >= 11 is 1.40. The van der Waals surface area contributed by atoms with E-state index in [1.165, 1.54) is 23.4 Å². The normalized spacial score (nSPS) is 21.7. The molecule has 2 heterocycles. The molecule has 32 heavy (non-hydrogen) atoms. The van der Waals surface area contributed by atoms with Crippen LogP contribution >= 0.6 is 11.8 Å². The van der Waals surface area contributed by atoms with Crippen molar-refractivity contribution in [3.63, 3.8) is 0 Å². The van der Waals surface area contributed by atoms with E-state index in [0.717, 1.165) is 38.4 Å². The van der Waals surface area contributed by atoms with Crippen molar-refractivity contribution in [3.8, 4) is 0 Å². The Balaban J connectivity index is 1.22. The molecule has 0 radical (unpaired) electrons. The molecule has 2 aliphatic heterocycles. The summed E-state index contributed by atoms with van der Waals surface area (Å²) < 4.78 is 19.2. The van der Waals surface area contributed by atoms with E-state index in [-0.39, 0.29) is 17.6 Å². The number of rotatable bonds is 7. The van der Waals surface area contributed by atoms with Crippen LogP contribution in [0.3, 0.4) is 0 Å². The maximum Gasteiger partial charge on any atom is 0.243 e. The zero-order chi connectivity index (χ0) is 22.3. The minimum Gasteiger partial charge on any atom is -0.379 e. The van der Waals surface area contributed by atoms with Crippen LogP contribution in [0.2, 0.25) is 0 Å². The zero-order valence-corrected chi connectivity index (χ0v) is 18.7. The molecule has 8 heteroatoms. The Morgan fingerprint density at radius 1 is 1.12 bits per heavy atom. The number of nitrogens with zero attached hydrogens (tertiary/aromatic N) is 1. The Morgan fingerprint density at radius 3 is 2.56 bits per heavy atom. The first-order chi connectivity index (χ1) is 15.6. The minimum absolute atomic E-state index is 0.201. The lowest BCUT2D eigenvalue weighted by molar-refractivity contribution is -0.128. The van der Waals surface area contributed by atoms with Gasteiger partial charge in [-0.05, 0) is 29.2 Å². The van der Waals surface area contributed by atoms with E-state index in [9.17, 15) is 14.0 Å². The third-order valence-electron chi connectivity index (χ3n) is 5.75. The molecule has 0 aromatic heterocycles.